The Kier molecular flexibility index (Phi) is 10.6. The summed E-state index contributed by atoms with van der Waals surface area (Å²) in [5.74, 6) is -1.88. The lowest BCUT2D eigenvalue weighted by Crippen LogP contribution is -2.54. The van der Waals surface area contributed by atoms with Crippen molar-refractivity contribution in [1.82, 2.24) is 23.5 Å². The van der Waals surface area contributed by atoms with Crippen molar-refractivity contribution in [3.05, 3.63) is 150 Å². The molecule has 64 heavy (non-hydrogen) atoms. The van der Waals surface area contributed by atoms with Gasteiger partial charge in [0.2, 0.25) is 17.6 Å². The van der Waals surface area contributed by atoms with Gasteiger partial charge < -0.3 is 28.6 Å². The van der Waals surface area contributed by atoms with E-state index in [0.29, 0.717) is 49.9 Å². The van der Waals surface area contributed by atoms with Crippen LogP contribution in [-0.2, 0) is 41.6 Å². The second kappa shape index (κ2) is 16.1. The number of nitrogens with zero attached hydrogens (tertiary/aromatic N) is 6. The monoisotopic (exact) mass is 886 g/mol. The van der Waals surface area contributed by atoms with Crippen molar-refractivity contribution >= 4 is 46.2 Å². The van der Waals surface area contributed by atoms with Crippen LogP contribution in [0.3, 0.4) is 0 Å². The molecule has 2 fully saturated rings. The number of fused-ring (bicyclic) bond motifs is 5. The first-order valence-electron chi connectivity index (χ1n) is 20.4. The molecule has 2 aliphatic heterocycles. The number of aromatic nitrogens is 5. The van der Waals surface area contributed by atoms with Crippen molar-refractivity contribution in [3.8, 4) is 28.7 Å². The Bertz CT molecular complexity index is 3120. The maximum Gasteiger partial charge on any atom is 0.347 e. The molecule has 4 atom stereocenters. The van der Waals surface area contributed by atoms with Gasteiger partial charge in [-0.25, -0.2) is 33.4 Å². The summed E-state index contributed by atoms with van der Waals surface area (Å²) in [5, 5.41) is 11.0. The summed E-state index contributed by atoms with van der Waals surface area (Å²) in [4.78, 5) is 78.8. The van der Waals surface area contributed by atoms with Crippen molar-refractivity contribution < 1.29 is 33.6 Å². The molecule has 0 radical (unpaired) electrons. The van der Waals surface area contributed by atoms with Crippen LogP contribution in [0.2, 0.25) is 5.02 Å². The lowest BCUT2D eigenvalue weighted by molar-refractivity contribution is -0.124. The van der Waals surface area contributed by atoms with E-state index < -0.39 is 52.0 Å². The molecule has 328 valence electrons. The van der Waals surface area contributed by atoms with Crippen molar-refractivity contribution in [2.45, 2.75) is 37.4 Å². The minimum absolute atomic E-state index is 0.00497. The minimum Gasteiger partial charge on any atom is -0.502 e. The lowest BCUT2D eigenvalue weighted by atomic mass is 9.54. The molecule has 16 nitrogen and oxygen atoms in total. The van der Waals surface area contributed by atoms with E-state index in [1.807, 2.05) is 42.5 Å². The van der Waals surface area contributed by atoms with Crippen LogP contribution in [-0.4, -0.2) is 68.8 Å². The van der Waals surface area contributed by atoms with E-state index in [0.717, 1.165) is 4.57 Å². The summed E-state index contributed by atoms with van der Waals surface area (Å²) < 4.78 is 27.0. The van der Waals surface area contributed by atoms with Crippen LogP contribution in [0, 0.1) is 11.8 Å². The van der Waals surface area contributed by atoms with Gasteiger partial charge in [0.15, 0.2) is 23.0 Å². The molecule has 0 unspecified atom stereocenters. The van der Waals surface area contributed by atoms with Gasteiger partial charge in [0.05, 0.1) is 69.1 Å². The Labute approximate surface area is 370 Å². The third-order valence-electron chi connectivity index (χ3n) is 12.8. The maximum absolute atomic E-state index is 15.5. The number of methoxy groups -OCH3 is 4. The number of carbonyl (C=O) groups is 2. The molecule has 3 aliphatic rings. The molecule has 2 amide bonds. The van der Waals surface area contributed by atoms with Gasteiger partial charge in [-0.15, -0.1) is 0 Å². The molecule has 4 heterocycles. The Hall–Kier alpha value is -7.33. The highest BCUT2D eigenvalue weighted by Crippen LogP contribution is 2.59. The van der Waals surface area contributed by atoms with Gasteiger partial charge >= 0.3 is 11.4 Å². The number of phenolic OH excluding ortho intramolecular Hbond substituents is 1. The molecule has 4 aromatic carbocycles. The smallest absolute Gasteiger partial charge is 0.347 e. The van der Waals surface area contributed by atoms with Crippen molar-refractivity contribution in [1.29, 1.82) is 0 Å². The average molecular weight is 887 g/mol. The number of hydrogen-bond acceptors (Lipinski definition) is 11. The molecule has 1 N–H and O–H groups in total. The molecule has 0 spiro atoms. The van der Waals surface area contributed by atoms with Gasteiger partial charge in [0.25, 0.3) is 5.56 Å². The third kappa shape index (κ3) is 6.33. The number of amides is 2. The Balaban J connectivity index is 1.18. The van der Waals surface area contributed by atoms with Gasteiger partial charge in [0, 0.05) is 43.1 Å². The first kappa shape index (κ1) is 42.0. The summed E-state index contributed by atoms with van der Waals surface area (Å²) in [6.45, 7) is -0.190. The molecule has 17 heteroatoms. The molecule has 2 aromatic heterocycles. The highest BCUT2D eigenvalue weighted by molar-refractivity contribution is 6.32. The number of allylic oxidation sites excluding steroid dienone is 3. The van der Waals surface area contributed by atoms with E-state index in [2.05, 4.69) is 4.98 Å². The van der Waals surface area contributed by atoms with E-state index >= 15 is 9.59 Å². The molecule has 1 saturated heterocycles. The fraction of sp³-hybridized carbons (Fsp3) is 0.277. The van der Waals surface area contributed by atoms with Crippen LogP contribution in [0.15, 0.2) is 111 Å². The van der Waals surface area contributed by atoms with Crippen molar-refractivity contribution in [2.24, 2.45) is 18.9 Å². The van der Waals surface area contributed by atoms with Crippen LogP contribution in [0.4, 0.5) is 5.69 Å². The first-order chi connectivity index (χ1) is 30.9. The first-order valence-corrected chi connectivity index (χ1v) is 20.8. The molecule has 1 aliphatic carbocycles. The lowest BCUT2D eigenvalue weighted by Gasteiger charge is -2.48. The predicted molar refractivity (Wildman–Crippen MR) is 238 cm³/mol. The summed E-state index contributed by atoms with van der Waals surface area (Å²) in [5.41, 5.74) is 0.0190. The van der Waals surface area contributed by atoms with Gasteiger partial charge in [-0.3, -0.25) is 14.4 Å². The quantitative estimate of drug-likeness (QED) is 0.136. The Morgan fingerprint density at radius 1 is 0.844 bits per heavy atom. The number of phenols is 1. The second-order valence-electron chi connectivity index (χ2n) is 15.8. The topological polar surface area (TPSA) is 178 Å². The summed E-state index contributed by atoms with van der Waals surface area (Å²) >= 11 is 6.44. The van der Waals surface area contributed by atoms with E-state index in [1.165, 1.54) is 47.3 Å². The fourth-order valence-corrected chi connectivity index (χ4v) is 9.98. The second-order valence-corrected chi connectivity index (χ2v) is 16.3. The van der Waals surface area contributed by atoms with Gasteiger partial charge in [-0.05, 0) is 53.5 Å². The summed E-state index contributed by atoms with van der Waals surface area (Å²) in [6.07, 6.45) is 5.39. The molecule has 6 aromatic rings. The average Bonchev–Trinajstić information content (AvgIpc) is 3.69. The molecule has 1 saturated carbocycles. The number of anilines is 1. The molecule has 0 bridgehead atoms. The number of ether oxygens (including phenoxy) is 4. The van der Waals surface area contributed by atoms with Crippen LogP contribution in [0.1, 0.15) is 29.3 Å². The SMILES string of the molecule is COc1cc2nc(CCn3c(=O)n4n(c3=O)[C@@H]3C[C@H]5C(=O)N(c6cccc(Cl)c6)C(=O)[C@@]5(c5ccccc5)[C@@H](C=Cc5cc(OC)c(O)c(OC)c5)C3=CC4)c(=O)n(C)c2cc1OC. The van der Waals surface area contributed by atoms with Crippen molar-refractivity contribution in [2.75, 3.05) is 33.3 Å². The number of aryl methyl sites for hydroxylation is 2. The fourth-order valence-electron chi connectivity index (χ4n) is 9.80. The Morgan fingerprint density at radius 2 is 1.53 bits per heavy atom. The van der Waals surface area contributed by atoms with Crippen LogP contribution in [0.25, 0.3) is 17.1 Å². The molecular weight excluding hydrogens is 844 g/mol. The molecular formula is C47H43ClN6O10. The van der Waals surface area contributed by atoms with Crippen molar-refractivity contribution in [3.63, 3.8) is 0 Å². The Morgan fingerprint density at radius 3 is 2.20 bits per heavy atom. The highest BCUT2D eigenvalue weighted by Gasteiger charge is 2.67. The van der Waals surface area contributed by atoms with E-state index in [4.69, 9.17) is 30.5 Å². The summed E-state index contributed by atoms with van der Waals surface area (Å²) in [7, 11) is 7.42. The number of aromatic hydroxyl groups is 1. The van der Waals surface area contributed by atoms with Gasteiger partial charge in [-0.1, -0.05) is 66.2 Å². The molecule has 9 rings (SSSR count). The zero-order valence-corrected chi connectivity index (χ0v) is 36.2. The van der Waals surface area contributed by atoms with Crippen LogP contribution >= 0.6 is 11.6 Å². The van der Waals surface area contributed by atoms with E-state index in [9.17, 15) is 19.5 Å². The number of carbonyl (C=O) groups excluding carboxylic acids is 2. The normalized spacial score (nSPS) is 20.2. The highest BCUT2D eigenvalue weighted by atomic mass is 35.5. The zero-order chi connectivity index (χ0) is 45.2. The minimum atomic E-state index is -1.52. The van der Waals surface area contributed by atoms with Gasteiger partial charge in [-0.2, -0.15) is 0 Å². The number of hydrogen-bond donors (Lipinski definition) is 1. The predicted octanol–water partition coefficient (Wildman–Crippen LogP) is 5.04. The number of benzene rings is 4. The number of halogens is 1. The summed E-state index contributed by atoms with van der Waals surface area (Å²) in [6, 6.07) is 21.3. The largest absolute Gasteiger partial charge is 0.502 e. The van der Waals surface area contributed by atoms with E-state index in [1.54, 1.807) is 61.7 Å². The van der Waals surface area contributed by atoms with Crippen LogP contribution < -0.4 is 40.8 Å². The third-order valence-corrected chi connectivity index (χ3v) is 13.0. The standard InChI is InChI=1S/C47H43ClN6O10/c1-50-36-25-38(62-3)37(61-2)24-34(36)49-33(43(50)57)17-18-51-45(59)52-19-16-30-31(15-14-26-20-39(63-4)41(55)40(21-26)64-5)47(27-10-7-6-8-11-27)32(23-35(30)54(52)46(51)60)42(56)53(44(47)58)29-13-9-12-28(48)22-29/h6-16,20-22,24-25,31-32,35,55H,17-19,23H2,1-5H3/t31-,32-,35+,47-/m0/s1. The van der Waals surface area contributed by atoms with Crippen LogP contribution in [0.5, 0.6) is 28.7 Å². The number of imide groups is 1. The van der Waals surface area contributed by atoms with Gasteiger partial charge in [0.1, 0.15) is 5.69 Å². The maximum atomic E-state index is 15.5. The van der Waals surface area contributed by atoms with E-state index in [-0.39, 0.29) is 48.9 Å². The number of rotatable bonds is 11. The zero-order valence-electron chi connectivity index (χ0n) is 35.5.